The summed E-state index contributed by atoms with van der Waals surface area (Å²) in [5.41, 5.74) is 10.3. The van der Waals surface area contributed by atoms with E-state index in [1.165, 1.54) is 0 Å². The summed E-state index contributed by atoms with van der Waals surface area (Å²) in [5, 5.41) is 0. The van der Waals surface area contributed by atoms with Gasteiger partial charge >= 0.3 is 0 Å². The molecule has 1 amide bonds. The van der Waals surface area contributed by atoms with E-state index in [1.54, 1.807) is 6.08 Å². The van der Waals surface area contributed by atoms with Crippen LogP contribution in [0.2, 0.25) is 0 Å². The Morgan fingerprint density at radius 1 is 1.64 bits per heavy atom. The third kappa shape index (κ3) is 5.36. The van der Waals surface area contributed by atoms with Gasteiger partial charge in [-0.1, -0.05) is 24.8 Å². The summed E-state index contributed by atoms with van der Waals surface area (Å²) in [6.45, 7) is 3.50. The number of primary amides is 1. The molecule has 0 aromatic carbocycles. The molecule has 0 aromatic rings. The fourth-order valence-electron chi connectivity index (χ4n) is 0.610. The molecule has 0 aliphatic heterocycles. The molecular formula is C8H14N2O. The summed E-state index contributed by atoms with van der Waals surface area (Å²) in [5.74, 6) is -0.447. The average Bonchev–Trinajstić information content (AvgIpc) is 1.97. The van der Waals surface area contributed by atoms with Crippen molar-refractivity contribution in [3.05, 3.63) is 24.8 Å². The van der Waals surface area contributed by atoms with Gasteiger partial charge in [0.1, 0.15) is 0 Å². The van der Waals surface area contributed by atoms with E-state index < -0.39 is 11.9 Å². The van der Waals surface area contributed by atoms with Crippen molar-refractivity contribution in [2.24, 2.45) is 11.5 Å². The maximum absolute atomic E-state index is 10.4. The van der Waals surface area contributed by atoms with Crippen LogP contribution >= 0.6 is 0 Å². The van der Waals surface area contributed by atoms with Gasteiger partial charge in [0.2, 0.25) is 5.91 Å². The predicted molar refractivity (Wildman–Crippen MR) is 45.7 cm³/mol. The van der Waals surface area contributed by atoms with E-state index in [0.29, 0.717) is 6.42 Å². The second kappa shape index (κ2) is 5.68. The van der Waals surface area contributed by atoms with E-state index in [1.807, 2.05) is 12.2 Å². The molecule has 0 fully saturated rings. The van der Waals surface area contributed by atoms with Gasteiger partial charge < -0.3 is 11.5 Å². The minimum Gasteiger partial charge on any atom is -0.368 e. The van der Waals surface area contributed by atoms with Crippen LogP contribution < -0.4 is 11.5 Å². The number of rotatable bonds is 5. The van der Waals surface area contributed by atoms with E-state index in [0.717, 1.165) is 6.42 Å². The molecule has 0 aliphatic rings. The largest absolute Gasteiger partial charge is 0.368 e. The van der Waals surface area contributed by atoms with Crippen LogP contribution in [0.25, 0.3) is 0 Å². The lowest BCUT2D eigenvalue weighted by molar-refractivity contribution is -0.119. The van der Waals surface area contributed by atoms with Crippen molar-refractivity contribution in [1.29, 1.82) is 0 Å². The number of hydrogen-bond donors (Lipinski definition) is 2. The number of allylic oxidation sites excluding steroid dienone is 3. The van der Waals surface area contributed by atoms with Gasteiger partial charge in [0.15, 0.2) is 0 Å². The van der Waals surface area contributed by atoms with Crippen molar-refractivity contribution in [2.45, 2.75) is 18.9 Å². The first kappa shape index (κ1) is 9.91. The highest BCUT2D eigenvalue weighted by atomic mass is 16.1. The summed E-state index contributed by atoms with van der Waals surface area (Å²) in [7, 11) is 0. The molecular weight excluding hydrogens is 140 g/mol. The van der Waals surface area contributed by atoms with E-state index in [4.69, 9.17) is 11.5 Å². The Hall–Kier alpha value is -1.09. The first-order valence-electron chi connectivity index (χ1n) is 3.51. The molecule has 0 rings (SSSR count). The summed E-state index contributed by atoms with van der Waals surface area (Å²) >= 11 is 0. The average molecular weight is 154 g/mol. The molecule has 0 saturated heterocycles. The van der Waals surface area contributed by atoms with Crippen molar-refractivity contribution >= 4 is 5.91 Å². The topological polar surface area (TPSA) is 69.1 Å². The fraction of sp³-hybridized carbons (Fsp3) is 0.375. The maximum Gasteiger partial charge on any atom is 0.234 e. The Morgan fingerprint density at radius 3 is 2.73 bits per heavy atom. The van der Waals surface area contributed by atoms with Crippen LogP contribution in [0.15, 0.2) is 24.8 Å². The second-order valence-corrected chi connectivity index (χ2v) is 2.25. The Bertz CT molecular complexity index is 163. The minimum absolute atomic E-state index is 0.447. The van der Waals surface area contributed by atoms with E-state index >= 15 is 0 Å². The molecule has 3 heteroatoms. The number of nitrogens with two attached hydrogens (primary N) is 2. The van der Waals surface area contributed by atoms with Gasteiger partial charge in [-0.05, 0) is 12.8 Å². The Labute approximate surface area is 66.8 Å². The SMILES string of the molecule is C=C/C=C/CCC(N)C(N)=O. The first-order valence-corrected chi connectivity index (χ1v) is 3.51. The Balaban J connectivity index is 3.46. The number of carbonyl (C=O) groups is 1. The Morgan fingerprint density at radius 2 is 2.27 bits per heavy atom. The molecule has 0 aromatic heterocycles. The summed E-state index contributed by atoms with van der Waals surface area (Å²) < 4.78 is 0. The van der Waals surface area contributed by atoms with Crippen LogP contribution in [-0.4, -0.2) is 11.9 Å². The van der Waals surface area contributed by atoms with Crippen LogP contribution in [-0.2, 0) is 4.79 Å². The van der Waals surface area contributed by atoms with Gasteiger partial charge in [0.25, 0.3) is 0 Å². The predicted octanol–water partition coefficient (Wildman–Crippen LogP) is 0.321. The summed E-state index contributed by atoms with van der Waals surface area (Å²) in [6.07, 6.45) is 6.75. The van der Waals surface area contributed by atoms with Crippen molar-refractivity contribution in [1.82, 2.24) is 0 Å². The van der Waals surface area contributed by atoms with Crippen molar-refractivity contribution < 1.29 is 4.79 Å². The zero-order chi connectivity index (χ0) is 8.69. The summed E-state index contributed by atoms with van der Waals surface area (Å²) in [4.78, 5) is 10.4. The second-order valence-electron chi connectivity index (χ2n) is 2.25. The lowest BCUT2D eigenvalue weighted by Gasteiger charge is -2.02. The monoisotopic (exact) mass is 154 g/mol. The molecule has 0 aliphatic carbocycles. The molecule has 0 bridgehead atoms. The number of amides is 1. The molecule has 0 spiro atoms. The highest BCUT2D eigenvalue weighted by molar-refractivity contribution is 5.79. The third-order valence-corrected chi connectivity index (χ3v) is 1.28. The Kier molecular flexibility index (Phi) is 5.11. The van der Waals surface area contributed by atoms with Crippen LogP contribution in [0.5, 0.6) is 0 Å². The molecule has 11 heavy (non-hydrogen) atoms. The zero-order valence-electron chi connectivity index (χ0n) is 6.49. The zero-order valence-corrected chi connectivity index (χ0v) is 6.49. The quantitative estimate of drug-likeness (QED) is 0.560. The molecule has 0 radical (unpaired) electrons. The van der Waals surface area contributed by atoms with Gasteiger partial charge in [0, 0.05) is 0 Å². The van der Waals surface area contributed by atoms with Gasteiger partial charge in [-0.25, -0.2) is 0 Å². The highest BCUT2D eigenvalue weighted by Gasteiger charge is 2.05. The van der Waals surface area contributed by atoms with Crippen molar-refractivity contribution in [3.8, 4) is 0 Å². The smallest absolute Gasteiger partial charge is 0.234 e. The van der Waals surface area contributed by atoms with Crippen LogP contribution in [0.1, 0.15) is 12.8 Å². The van der Waals surface area contributed by atoms with E-state index in [-0.39, 0.29) is 0 Å². The van der Waals surface area contributed by atoms with Crippen molar-refractivity contribution in [2.75, 3.05) is 0 Å². The molecule has 1 unspecified atom stereocenters. The fourth-order valence-corrected chi connectivity index (χ4v) is 0.610. The normalized spacial score (nSPS) is 13.2. The summed E-state index contributed by atoms with van der Waals surface area (Å²) in [6, 6.07) is -0.524. The lowest BCUT2D eigenvalue weighted by atomic mass is 10.1. The molecule has 1 atom stereocenters. The molecule has 0 saturated carbocycles. The maximum atomic E-state index is 10.4. The molecule has 4 N–H and O–H groups in total. The minimum atomic E-state index is -0.524. The van der Waals surface area contributed by atoms with Crippen LogP contribution in [0.3, 0.4) is 0 Å². The van der Waals surface area contributed by atoms with Gasteiger partial charge in [0.05, 0.1) is 6.04 Å². The van der Waals surface area contributed by atoms with Crippen LogP contribution in [0.4, 0.5) is 0 Å². The standard InChI is InChI=1S/C8H14N2O/c1-2-3-4-5-6-7(9)8(10)11/h2-4,7H,1,5-6,9H2,(H2,10,11)/b4-3+. The number of carbonyl (C=O) groups excluding carboxylic acids is 1. The first-order chi connectivity index (χ1) is 5.18. The molecule has 3 nitrogen and oxygen atoms in total. The van der Waals surface area contributed by atoms with Crippen LogP contribution in [0, 0.1) is 0 Å². The van der Waals surface area contributed by atoms with Gasteiger partial charge in [-0.3, -0.25) is 4.79 Å². The highest BCUT2D eigenvalue weighted by Crippen LogP contribution is 1.94. The van der Waals surface area contributed by atoms with E-state index in [2.05, 4.69) is 6.58 Å². The number of hydrogen-bond acceptors (Lipinski definition) is 2. The third-order valence-electron chi connectivity index (χ3n) is 1.28. The van der Waals surface area contributed by atoms with E-state index in [9.17, 15) is 4.79 Å². The van der Waals surface area contributed by atoms with Crippen molar-refractivity contribution in [3.63, 3.8) is 0 Å². The molecule has 0 heterocycles. The molecule has 62 valence electrons. The van der Waals surface area contributed by atoms with Gasteiger partial charge in [-0.2, -0.15) is 0 Å². The lowest BCUT2D eigenvalue weighted by Crippen LogP contribution is -2.36. The van der Waals surface area contributed by atoms with Gasteiger partial charge in [-0.15, -0.1) is 0 Å².